The van der Waals surface area contributed by atoms with Crippen LogP contribution in [0.4, 0.5) is 5.69 Å². The van der Waals surface area contributed by atoms with Gasteiger partial charge in [0.25, 0.3) is 5.69 Å². The second kappa shape index (κ2) is 7.89. The van der Waals surface area contributed by atoms with Gasteiger partial charge < -0.3 is 9.47 Å². The Morgan fingerprint density at radius 2 is 1.83 bits per heavy atom. The van der Waals surface area contributed by atoms with Crippen LogP contribution < -0.4 is 9.47 Å². The van der Waals surface area contributed by atoms with Crippen LogP contribution in [0.1, 0.15) is 21.5 Å². The molecule has 1 heterocycles. The minimum atomic E-state index is -0.446. The van der Waals surface area contributed by atoms with E-state index in [1.54, 1.807) is 36.4 Å². The van der Waals surface area contributed by atoms with Crippen LogP contribution in [0.5, 0.6) is 11.5 Å². The van der Waals surface area contributed by atoms with E-state index >= 15 is 0 Å². The SMILES string of the molecule is O=C1C(=Cc2ccccc2Br)Oc2cc(OCc3ccc([N+](=O)[O-])cc3)ccc21. The van der Waals surface area contributed by atoms with Gasteiger partial charge in [-0.3, -0.25) is 14.9 Å². The molecule has 0 spiro atoms. The van der Waals surface area contributed by atoms with Gasteiger partial charge in [-0.05, 0) is 47.5 Å². The summed E-state index contributed by atoms with van der Waals surface area (Å²) in [6, 6.07) is 18.7. The molecule has 0 N–H and O–H groups in total. The number of hydrogen-bond donors (Lipinski definition) is 0. The predicted octanol–water partition coefficient (Wildman–Crippen LogP) is 5.55. The zero-order chi connectivity index (χ0) is 20.4. The van der Waals surface area contributed by atoms with Gasteiger partial charge in [-0.2, -0.15) is 0 Å². The molecule has 1 aliphatic heterocycles. The number of carbonyl (C=O) groups is 1. The Morgan fingerprint density at radius 1 is 1.07 bits per heavy atom. The number of rotatable bonds is 5. The topological polar surface area (TPSA) is 78.7 Å². The first-order valence-corrected chi connectivity index (χ1v) is 9.49. The highest BCUT2D eigenvalue weighted by atomic mass is 79.9. The molecule has 144 valence electrons. The van der Waals surface area contributed by atoms with E-state index in [4.69, 9.17) is 9.47 Å². The van der Waals surface area contributed by atoms with Crippen molar-refractivity contribution in [3.05, 3.63) is 104 Å². The Balaban J connectivity index is 1.49. The molecule has 7 heteroatoms. The molecule has 1 aliphatic rings. The molecule has 0 amide bonds. The van der Waals surface area contributed by atoms with Crippen molar-refractivity contribution in [2.75, 3.05) is 0 Å². The molecule has 0 aliphatic carbocycles. The van der Waals surface area contributed by atoms with Crippen LogP contribution in [0.15, 0.2) is 77.0 Å². The van der Waals surface area contributed by atoms with Crippen LogP contribution >= 0.6 is 15.9 Å². The number of allylic oxidation sites excluding steroid dienone is 1. The summed E-state index contributed by atoms with van der Waals surface area (Å²) >= 11 is 3.46. The molecular weight excluding hydrogens is 438 g/mol. The fraction of sp³-hybridized carbons (Fsp3) is 0.0455. The number of nitro benzene ring substituents is 1. The monoisotopic (exact) mass is 451 g/mol. The Kier molecular flexibility index (Phi) is 5.14. The summed E-state index contributed by atoms with van der Waals surface area (Å²) < 4.78 is 12.4. The number of Topliss-reactive ketones (excluding diaryl/α,β-unsaturated/α-hetero) is 1. The molecule has 0 aromatic heterocycles. The number of nitro groups is 1. The first kappa shape index (κ1) is 18.9. The zero-order valence-corrected chi connectivity index (χ0v) is 16.6. The Bertz CT molecular complexity index is 1140. The third-order valence-electron chi connectivity index (χ3n) is 4.39. The van der Waals surface area contributed by atoms with Gasteiger partial charge in [-0.1, -0.05) is 34.1 Å². The maximum absolute atomic E-state index is 12.6. The Morgan fingerprint density at radius 3 is 2.55 bits per heavy atom. The molecule has 0 saturated heterocycles. The van der Waals surface area contributed by atoms with E-state index in [1.165, 1.54) is 12.1 Å². The third kappa shape index (κ3) is 4.05. The van der Waals surface area contributed by atoms with Crippen molar-refractivity contribution in [1.82, 2.24) is 0 Å². The largest absolute Gasteiger partial charge is 0.489 e. The summed E-state index contributed by atoms with van der Waals surface area (Å²) in [6.07, 6.45) is 1.70. The minimum absolute atomic E-state index is 0.0302. The summed E-state index contributed by atoms with van der Waals surface area (Å²) in [5.74, 6) is 1.05. The molecule has 0 atom stereocenters. The highest BCUT2D eigenvalue weighted by molar-refractivity contribution is 9.10. The lowest BCUT2D eigenvalue weighted by atomic mass is 10.1. The van der Waals surface area contributed by atoms with E-state index in [-0.39, 0.29) is 23.8 Å². The van der Waals surface area contributed by atoms with E-state index in [9.17, 15) is 14.9 Å². The highest BCUT2D eigenvalue weighted by Crippen LogP contribution is 2.35. The maximum atomic E-state index is 12.6. The number of ether oxygens (including phenoxy) is 2. The number of non-ortho nitro benzene ring substituents is 1. The van der Waals surface area contributed by atoms with Crippen molar-refractivity contribution in [3.8, 4) is 11.5 Å². The second-order valence-corrected chi connectivity index (χ2v) is 7.19. The molecule has 0 radical (unpaired) electrons. The van der Waals surface area contributed by atoms with Gasteiger partial charge in [0, 0.05) is 22.7 Å². The molecule has 0 saturated carbocycles. The average molecular weight is 452 g/mol. The first-order chi connectivity index (χ1) is 14.0. The third-order valence-corrected chi connectivity index (χ3v) is 5.11. The Hall–Kier alpha value is -3.45. The number of carbonyl (C=O) groups excluding carboxylic acids is 1. The molecule has 3 aromatic carbocycles. The van der Waals surface area contributed by atoms with Crippen molar-refractivity contribution in [1.29, 1.82) is 0 Å². The number of benzene rings is 3. The molecule has 0 bridgehead atoms. The number of ketones is 1. The lowest BCUT2D eigenvalue weighted by Crippen LogP contribution is -1.98. The van der Waals surface area contributed by atoms with Crippen molar-refractivity contribution in [2.24, 2.45) is 0 Å². The summed E-state index contributed by atoms with van der Waals surface area (Å²) in [7, 11) is 0. The Labute approximate surface area is 174 Å². The quantitative estimate of drug-likeness (QED) is 0.288. The summed E-state index contributed by atoms with van der Waals surface area (Å²) in [5, 5.41) is 10.7. The van der Waals surface area contributed by atoms with Crippen molar-refractivity contribution in [3.63, 3.8) is 0 Å². The number of hydrogen-bond acceptors (Lipinski definition) is 5. The minimum Gasteiger partial charge on any atom is -0.489 e. The van der Waals surface area contributed by atoms with E-state index in [0.717, 1.165) is 15.6 Å². The lowest BCUT2D eigenvalue weighted by molar-refractivity contribution is -0.384. The lowest BCUT2D eigenvalue weighted by Gasteiger charge is -2.07. The molecule has 3 aromatic rings. The van der Waals surface area contributed by atoms with E-state index in [2.05, 4.69) is 15.9 Å². The van der Waals surface area contributed by atoms with Crippen molar-refractivity contribution < 1.29 is 19.2 Å². The average Bonchev–Trinajstić information content (AvgIpc) is 3.03. The van der Waals surface area contributed by atoms with Crippen LogP contribution in [-0.2, 0) is 6.61 Å². The van der Waals surface area contributed by atoms with Gasteiger partial charge in [0.05, 0.1) is 10.5 Å². The molecule has 6 nitrogen and oxygen atoms in total. The van der Waals surface area contributed by atoms with E-state index in [1.807, 2.05) is 24.3 Å². The van der Waals surface area contributed by atoms with Crippen LogP contribution in [0, 0.1) is 10.1 Å². The van der Waals surface area contributed by atoms with Gasteiger partial charge in [-0.25, -0.2) is 0 Å². The fourth-order valence-corrected chi connectivity index (χ4v) is 3.27. The highest BCUT2D eigenvalue weighted by Gasteiger charge is 2.28. The number of halogens is 1. The van der Waals surface area contributed by atoms with Crippen LogP contribution in [0.2, 0.25) is 0 Å². The standard InChI is InChI=1S/C22H14BrNO5/c23-19-4-2-1-3-15(19)11-21-22(25)18-10-9-17(12-20(18)29-21)28-13-14-5-7-16(8-6-14)24(26)27/h1-12H,13H2. The van der Waals surface area contributed by atoms with Gasteiger partial charge in [0.2, 0.25) is 5.78 Å². The molecule has 29 heavy (non-hydrogen) atoms. The van der Waals surface area contributed by atoms with Crippen molar-refractivity contribution >= 4 is 33.5 Å². The number of nitrogens with zero attached hydrogens (tertiary/aromatic N) is 1. The smallest absolute Gasteiger partial charge is 0.269 e. The summed E-state index contributed by atoms with van der Waals surface area (Å²) in [6.45, 7) is 0.240. The van der Waals surface area contributed by atoms with Crippen LogP contribution in [-0.4, -0.2) is 10.7 Å². The van der Waals surface area contributed by atoms with Gasteiger partial charge >= 0.3 is 0 Å². The van der Waals surface area contributed by atoms with Gasteiger partial charge in [-0.15, -0.1) is 0 Å². The molecular formula is C22H14BrNO5. The zero-order valence-electron chi connectivity index (χ0n) is 15.0. The van der Waals surface area contributed by atoms with Crippen LogP contribution in [0.3, 0.4) is 0 Å². The summed E-state index contributed by atoms with van der Waals surface area (Å²) in [4.78, 5) is 22.9. The van der Waals surface area contributed by atoms with E-state index in [0.29, 0.717) is 17.1 Å². The van der Waals surface area contributed by atoms with Crippen LogP contribution in [0.25, 0.3) is 6.08 Å². The summed E-state index contributed by atoms with van der Waals surface area (Å²) in [5.41, 5.74) is 2.15. The maximum Gasteiger partial charge on any atom is 0.269 e. The second-order valence-electron chi connectivity index (χ2n) is 6.33. The van der Waals surface area contributed by atoms with Gasteiger partial charge in [0.1, 0.15) is 18.1 Å². The van der Waals surface area contributed by atoms with Crippen molar-refractivity contribution in [2.45, 2.75) is 6.61 Å². The molecule has 0 fully saturated rings. The number of fused-ring (bicyclic) bond motifs is 1. The molecule has 0 unspecified atom stereocenters. The van der Waals surface area contributed by atoms with Gasteiger partial charge in [0.15, 0.2) is 5.76 Å². The fourth-order valence-electron chi connectivity index (χ4n) is 2.87. The van der Waals surface area contributed by atoms with E-state index < -0.39 is 4.92 Å². The predicted molar refractivity (Wildman–Crippen MR) is 111 cm³/mol. The molecule has 4 rings (SSSR count). The normalized spacial score (nSPS) is 13.8. The first-order valence-electron chi connectivity index (χ1n) is 8.70.